The number of hydrogen-bond acceptors (Lipinski definition) is 2. The molecule has 2 aromatic rings. The standard InChI is InChI=1S/C18H14O2/c1-3-7-16-13(5-1)9-10-18(20-16)15-11-12-19-17-8-4-2-6-14(15)17/h1-11,18H,12H2. The molecule has 0 aromatic heterocycles. The molecule has 2 aromatic carbocycles. The summed E-state index contributed by atoms with van der Waals surface area (Å²) in [5, 5.41) is 0. The van der Waals surface area contributed by atoms with Gasteiger partial charge in [-0.3, -0.25) is 0 Å². The molecule has 2 aliphatic rings. The molecule has 2 nitrogen and oxygen atoms in total. The van der Waals surface area contributed by atoms with Gasteiger partial charge < -0.3 is 9.47 Å². The molecule has 1 unspecified atom stereocenters. The summed E-state index contributed by atoms with van der Waals surface area (Å²) in [5.74, 6) is 1.87. The van der Waals surface area contributed by atoms with E-state index in [1.807, 2.05) is 36.4 Å². The minimum absolute atomic E-state index is 0.0463. The van der Waals surface area contributed by atoms with E-state index in [2.05, 4.69) is 30.4 Å². The van der Waals surface area contributed by atoms with E-state index in [0.717, 1.165) is 22.6 Å². The van der Waals surface area contributed by atoms with Gasteiger partial charge in [-0.2, -0.15) is 0 Å². The Kier molecular flexibility index (Phi) is 2.59. The van der Waals surface area contributed by atoms with Crippen LogP contribution in [0.4, 0.5) is 0 Å². The Bertz CT molecular complexity index is 713. The Morgan fingerprint density at radius 3 is 2.65 bits per heavy atom. The van der Waals surface area contributed by atoms with Gasteiger partial charge in [-0.25, -0.2) is 0 Å². The first-order valence-electron chi connectivity index (χ1n) is 6.78. The summed E-state index contributed by atoms with van der Waals surface area (Å²) >= 11 is 0. The summed E-state index contributed by atoms with van der Waals surface area (Å²) in [4.78, 5) is 0. The van der Waals surface area contributed by atoms with E-state index in [9.17, 15) is 0 Å². The first-order chi connectivity index (χ1) is 9.92. The van der Waals surface area contributed by atoms with Crippen LogP contribution < -0.4 is 9.47 Å². The summed E-state index contributed by atoms with van der Waals surface area (Å²) in [6.45, 7) is 0.599. The van der Waals surface area contributed by atoms with Crippen LogP contribution in [0.2, 0.25) is 0 Å². The summed E-state index contributed by atoms with van der Waals surface area (Å²) < 4.78 is 11.8. The molecule has 0 saturated carbocycles. The monoisotopic (exact) mass is 262 g/mol. The highest BCUT2D eigenvalue weighted by atomic mass is 16.5. The fraction of sp³-hybridized carbons (Fsp3) is 0.111. The zero-order chi connectivity index (χ0) is 13.4. The summed E-state index contributed by atoms with van der Waals surface area (Å²) in [5.41, 5.74) is 3.43. The van der Waals surface area contributed by atoms with Gasteiger partial charge in [-0.15, -0.1) is 0 Å². The van der Waals surface area contributed by atoms with Crippen LogP contribution in [0.25, 0.3) is 11.6 Å². The second kappa shape index (κ2) is 4.57. The van der Waals surface area contributed by atoms with E-state index in [-0.39, 0.29) is 6.10 Å². The number of benzene rings is 2. The molecule has 0 amide bonds. The van der Waals surface area contributed by atoms with Gasteiger partial charge in [0, 0.05) is 16.7 Å². The van der Waals surface area contributed by atoms with E-state index in [1.165, 1.54) is 5.57 Å². The Morgan fingerprint density at radius 1 is 0.900 bits per heavy atom. The second-order valence-corrected chi connectivity index (χ2v) is 4.90. The van der Waals surface area contributed by atoms with Gasteiger partial charge in [0.05, 0.1) is 0 Å². The second-order valence-electron chi connectivity index (χ2n) is 4.90. The molecule has 0 N–H and O–H groups in total. The fourth-order valence-corrected chi connectivity index (χ4v) is 2.69. The first-order valence-corrected chi connectivity index (χ1v) is 6.78. The molecule has 2 aliphatic heterocycles. The van der Waals surface area contributed by atoms with Gasteiger partial charge in [0.15, 0.2) is 0 Å². The molecule has 20 heavy (non-hydrogen) atoms. The molecule has 4 rings (SSSR count). The van der Waals surface area contributed by atoms with Crippen LogP contribution in [0.1, 0.15) is 11.1 Å². The first kappa shape index (κ1) is 11.4. The number of fused-ring (bicyclic) bond motifs is 2. The molecule has 0 fully saturated rings. The number of para-hydroxylation sites is 2. The zero-order valence-electron chi connectivity index (χ0n) is 11.0. The van der Waals surface area contributed by atoms with Crippen molar-refractivity contribution in [2.45, 2.75) is 6.10 Å². The predicted molar refractivity (Wildman–Crippen MR) is 79.8 cm³/mol. The molecule has 0 radical (unpaired) electrons. The SMILES string of the molecule is C1=CC(C2=CCOc3ccccc32)Oc2ccccc21. The van der Waals surface area contributed by atoms with E-state index < -0.39 is 0 Å². The molecular weight excluding hydrogens is 248 g/mol. The van der Waals surface area contributed by atoms with E-state index in [1.54, 1.807) is 0 Å². The minimum atomic E-state index is -0.0463. The summed E-state index contributed by atoms with van der Waals surface area (Å²) in [7, 11) is 0. The van der Waals surface area contributed by atoms with Crippen molar-refractivity contribution in [2.24, 2.45) is 0 Å². The van der Waals surface area contributed by atoms with Crippen LogP contribution >= 0.6 is 0 Å². The molecular formula is C18H14O2. The smallest absolute Gasteiger partial charge is 0.143 e. The maximum absolute atomic E-state index is 6.12. The van der Waals surface area contributed by atoms with Gasteiger partial charge >= 0.3 is 0 Å². The van der Waals surface area contributed by atoms with E-state index >= 15 is 0 Å². The molecule has 0 saturated heterocycles. The average Bonchev–Trinajstić information content (AvgIpc) is 2.54. The predicted octanol–water partition coefficient (Wildman–Crippen LogP) is 3.94. The third-order valence-electron chi connectivity index (χ3n) is 3.67. The topological polar surface area (TPSA) is 18.5 Å². The average molecular weight is 262 g/mol. The number of ether oxygens (including phenoxy) is 2. The van der Waals surface area contributed by atoms with Crippen molar-refractivity contribution in [2.75, 3.05) is 6.61 Å². The number of rotatable bonds is 1. The van der Waals surface area contributed by atoms with Crippen LogP contribution in [0.15, 0.2) is 60.7 Å². The highest BCUT2D eigenvalue weighted by molar-refractivity contribution is 5.78. The minimum Gasteiger partial charge on any atom is -0.489 e. The normalized spacial score (nSPS) is 19.2. The van der Waals surface area contributed by atoms with Crippen LogP contribution in [0, 0.1) is 0 Å². The van der Waals surface area contributed by atoms with Crippen LogP contribution in [-0.4, -0.2) is 12.7 Å². The summed E-state index contributed by atoms with van der Waals surface area (Å²) in [6, 6.07) is 16.2. The van der Waals surface area contributed by atoms with Crippen molar-refractivity contribution in [3.63, 3.8) is 0 Å². The molecule has 98 valence electrons. The van der Waals surface area contributed by atoms with Gasteiger partial charge in [-0.1, -0.05) is 42.5 Å². The summed E-state index contributed by atoms with van der Waals surface area (Å²) in [6.07, 6.45) is 6.29. The largest absolute Gasteiger partial charge is 0.489 e. The van der Waals surface area contributed by atoms with Crippen molar-refractivity contribution in [3.05, 3.63) is 71.8 Å². The quantitative estimate of drug-likeness (QED) is 0.775. The molecule has 0 spiro atoms. The third-order valence-corrected chi connectivity index (χ3v) is 3.67. The Hall–Kier alpha value is -2.48. The lowest BCUT2D eigenvalue weighted by molar-refractivity contribution is 0.293. The lowest BCUT2D eigenvalue weighted by Gasteiger charge is -2.27. The van der Waals surface area contributed by atoms with Crippen molar-refractivity contribution >= 4 is 11.6 Å². The van der Waals surface area contributed by atoms with Crippen LogP contribution in [0.3, 0.4) is 0 Å². The molecule has 1 atom stereocenters. The van der Waals surface area contributed by atoms with Crippen molar-refractivity contribution in [3.8, 4) is 11.5 Å². The van der Waals surface area contributed by atoms with Gasteiger partial charge in [0.1, 0.15) is 24.2 Å². The Balaban J connectivity index is 1.72. The maximum Gasteiger partial charge on any atom is 0.143 e. The van der Waals surface area contributed by atoms with Gasteiger partial charge in [-0.05, 0) is 24.3 Å². The van der Waals surface area contributed by atoms with Gasteiger partial charge in [0.2, 0.25) is 0 Å². The number of hydrogen-bond donors (Lipinski definition) is 0. The molecule has 0 aliphatic carbocycles. The Morgan fingerprint density at radius 2 is 1.70 bits per heavy atom. The van der Waals surface area contributed by atoms with Gasteiger partial charge in [0.25, 0.3) is 0 Å². The molecule has 2 heteroatoms. The highest BCUT2D eigenvalue weighted by Gasteiger charge is 2.23. The third kappa shape index (κ3) is 1.81. The van der Waals surface area contributed by atoms with Crippen LogP contribution in [0.5, 0.6) is 11.5 Å². The molecule has 2 heterocycles. The van der Waals surface area contributed by atoms with E-state index in [0.29, 0.717) is 6.61 Å². The lowest BCUT2D eigenvalue weighted by atomic mass is 9.95. The van der Waals surface area contributed by atoms with Crippen molar-refractivity contribution < 1.29 is 9.47 Å². The lowest BCUT2D eigenvalue weighted by Crippen LogP contribution is -2.21. The fourth-order valence-electron chi connectivity index (χ4n) is 2.69. The zero-order valence-corrected chi connectivity index (χ0v) is 11.0. The highest BCUT2D eigenvalue weighted by Crippen LogP contribution is 2.36. The van der Waals surface area contributed by atoms with Crippen molar-refractivity contribution in [1.29, 1.82) is 0 Å². The molecule has 0 bridgehead atoms. The maximum atomic E-state index is 6.12. The van der Waals surface area contributed by atoms with E-state index in [4.69, 9.17) is 9.47 Å². The van der Waals surface area contributed by atoms with Crippen molar-refractivity contribution in [1.82, 2.24) is 0 Å². The van der Waals surface area contributed by atoms with Crippen LogP contribution in [-0.2, 0) is 0 Å². The Labute approximate surface area is 118 Å².